The van der Waals surface area contributed by atoms with E-state index in [1.54, 1.807) is 36.0 Å². The lowest BCUT2D eigenvalue weighted by Gasteiger charge is -2.19. The quantitative estimate of drug-likeness (QED) is 0.113. The number of carbonyl (C=O) groups excluding carboxylic acids is 2. The van der Waals surface area contributed by atoms with Crippen LogP contribution in [0.2, 0.25) is 0 Å². The Kier molecular flexibility index (Phi) is 9.92. The molecule has 1 heterocycles. The number of nitrogens with zero attached hydrogens (tertiary/aromatic N) is 2. The number of rotatable bonds is 10. The van der Waals surface area contributed by atoms with E-state index < -0.39 is 12.0 Å². The number of H-pyrrole nitrogens is 1. The highest BCUT2D eigenvalue weighted by molar-refractivity contribution is 7.99. The molecular formula is C40H39N5O4S. The van der Waals surface area contributed by atoms with Crippen LogP contribution in [0, 0.1) is 34.6 Å². The molecule has 0 saturated heterocycles. The highest BCUT2D eigenvalue weighted by Gasteiger charge is 2.22. The summed E-state index contributed by atoms with van der Waals surface area (Å²) in [5.41, 5.74) is 6.66. The molecule has 0 bridgehead atoms. The first-order chi connectivity index (χ1) is 24.0. The van der Waals surface area contributed by atoms with E-state index in [0.29, 0.717) is 34.6 Å². The molecule has 1 unspecified atom stereocenters. The molecule has 5 aromatic carbocycles. The van der Waals surface area contributed by atoms with E-state index in [9.17, 15) is 14.7 Å². The Labute approximate surface area is 295 Å². The van der Waals surface area contributed by atoms with Crippen LogP contribution in [0.15, 0.2) is 94.7 Å². The van der Waals surface area contributed by atoms with E-state index in [1.807, 2.05) is 77.1 Å². The van der Waals surface area contributed by atoms with Crippen molar-refractivity contribution in [2.45, 2.75) is 63.9 Å². The monoisotopic (exact) mass is 685 g/mol. The Morgan fingerprint density at radius 2 is 1.60 bits per heavy atom. The molecule has 0 aliphatic heterocycles. The molecule has 254 valence electrons. The number of carbonyl (C=O) groups is 2. The van der Waals surface area contributed by atoms with Gasteiger partial charge in [0.1, 0.15) is 11.5 Å². The Balaban J connectivity index is 1.20. The first-order valence-corrected chi connectivity index (χ1v) is 17.2. The third-order valence-electron chi connectivity index (χ3n) is 8.49. The van der Waals surface area contributed by atoms with Gasteiger partial charge in [0.2, 0.25) is 5.95 Å². The topological polar surface area (TPSA) is 129 Å². The van der Waals surface area contributed by atoms with E-state index in [0.717, 1.165) is 43.0 Å². The molecule has 0 spiro atoms. The van der Waals surface area contributed by atoms with Gasteiger partial charge in [0.05, 0.1) is 5.56 Å². The van der Waals surface area contributed by atoms with Crippen LogP contribution in [-0.4, -0.2) is 38.2 Å². The molecule has 1 aromatic heterocycles. The van der Waals surface area contributed by atoms with Gasteiger partial charge in [-0.1, -0.05) is 78.8 Å². The molecule has 1 atom stereocenters. The normalized spacial score (nSPS) is 11.7. The van der Waals surface area contributed by atoms with Gasteiger partial charge < -0.3 is 15.2 Å². The smallest absolute Gasteiger partial charge is 0.265 e. The van der Waals surface area contributed by atoms with E-state index in [-0.39, 0.29) is 23.2 Å². The molecule has 0 fully saturated rings. The highest BCUT2D eigenvalue weighted by atomic mass is 32.2. The number of amides is 2. The van der Waals surface area contributed by atoms with Crippen LogP contribution in [0.3, 0.4) is 0 Å². The van der Waals surface area contributed by atoms with Gasteiger partial charge in [0.15, 0.2) is 11.9 Å². The first kappa shape index (κ1) is 34.3. The predicted octanol–water partition coefficient (Wildman–Crippen LogP) is 9.07. The minimum absolute atomic E-state index is 0.0415. The number of hydrogen-bond donors (Lipinski definition) is 4. The fourth-order valence-corrected chi connectivity index (χ4v) is 7.05. The van der Waals surface area contributed by atoms with E-state index in [4.69, 9.17) is 4.74 Å². The fourth-order valence-electron chi connectivity index (χ4n) is 5.79. The molecule has 6 aromatic rings. The number of hydrogen-bond acceptors (Lipinski definition) is 7. The molecule has 9 nitrogen and oxygen atoms in total. The molecule has 0 aliphatic carbocycles. The Hall–Kier alpha value is -5.61. The Morgan fingerprint density at radius 1 is 0.840 bits per heavy atom. The van der Waals surface area contributed by atoms with E-state index in [1.165, 1.54) is 0 Å². The predicted molar refractivity (Wildman–Crippen MR) is 199 cm³/mol. The summed E-state index contributed by atoms with van der Waals surface area (Å²) in [5.74, 6) is 0.174. The number of phenols is 1. The van der Waals surface area contributed by atoms with Crippen molar-refractivity contribution in [3.05, 3.63) is 118 Å². The zero-order chi connectivity index (χ0) is 35.5. The number of fused-ring (bicyclic) bond motifs is 1. The summed E-state index contributed by atoms with van der Waals surface area (Å²) in [5, 5.41) is 25.5. The molecule has 4 N–H and O–H groups in total. The average molecular weight is 686 g/mol. The van der Waals surface area contributed by atoms with Crippen LogP contribution in [-0.2, 0) is 4.79 Å². The van der Waals surface area contributed by atoms with Crippen molar-refractivity contribution < 1.29 is 19.4 Å². The van der Waals surface area contributed by atoms with Gasteiger partial charge in [-0.05, 0) is 93.6 Å². The van der Waals surface area contributed by atoms with Gasteiger partial charge in [-0.3, -0.25) is 20.0 Å². The number of aromatic hydroxyl groups is 1. The van der Waals surface area contributed by atoms with Gasteiger partial charge in [-0.2, -0.15) is 4.98 Å². The minimum Gasteiger partial charge on any atom is -0.506 e. The van der Waals surface area contributed by atoms with Crippen molar-refractivity contribution in [3.63, 3.8) is 0 Å². The summed E-state index contributed by atoms with van der Waals surface area (Å²) in [7, 11) is 0. The van der Waals surface area contributed by atoms with Crippen LogP contribution >= 0.6 is 11.8 Å². The summed E-state index contributed by atoms with van der Waals surface area (Å²) in [6, 6.07) is 26.7. The number of ether oxygens (including phenoxy) is 1. The summed E-state index contributed by atoms with van der Waals surface area (Å²) in [6.07, 6.45) is -0.190. The second-order valence-electron chi connectivity index (χ2n) is 12.5. The Bertz CT molecular complexity index is 2250. The molecule has 0 saturated carbocycles. The SMILES string of the molecule is CCC(Oc1ccc(C)cc1C)C(=O)Nc1cccc(-c2nc(NC(=O)c3cc(Sc4cc(C)ccc4C)c4c(C)cccc4c3O)n[nH]2)c1. The molecule has 0 radical (unpaired) electrons. The molecule has 0 aliphatic rings. The number of benzene rings is 5. The number of aromatic amines is 1. The van der Waals surface area contributed by atoms with Crippen LogP contribution in [0.5, 0.6) is 11.5 Å². The van der Waals surface area contributed by atoms with Crippen molar-refractivity contribution in [2.75, 3.05) is 10.6 Å². The summed E-state index contributed by atoms with van der Waals surface area (Å²) in [4.78, 5) is 33.2. The maximum Gasteiger partial charge on any atom is 0.265 e. The second-order valence-corrected chi connectivity index (χ2v) is 13.5. The molecule has 10 heteroatoms. The highest BCUT2D eigenvalue weighted by Crippen LogP contribution is 2.42. The number of anilines is 2. The van der Waals surface area contributed by atoms with Crippen LogP contribution < -0.4 is 15.4 Å². The average Bonchev–Trinajstić information content (AvgIpc) is 3.56. The summed E-state index contributed by atoms with van der Waals surface area (Å²) >= 11 is 1.56. The maximum atomic E-state index is 13.6. The largest absolute Gasteiger partial charge is 0.506 e. The molecule has 2 amide bonds. The summed E-state index contributed by atoms with van der Waals surface area (Å²) < 4.78 is 6.06. The fraction of sp³-hybridized carbons (Fsp3) is 0.200. The van der Waals surface area contributed by atoms with Crippen molar-refractivity contribution in [2.24, 2.45) is 0 Å². The second kappa shape index (κ2) is 14.5. The zero-order valence-electron chi connectivity index (χ0n) is 28.8. The molecular weight excluding hydrogens is 647 g/mol. The lowest BCUT2D eigenvalue weighted by Crippen LogP contribution is -2.32. The lowest BCUT2D eigenvalue weighted by atomic mass is 10.0. The van der Waals surface area contributed by atoms with E-state index in [2.05, 4.69) is 50.9 Å². The number of aryl methyl sites for hydroxylation is 5. The molecule has 50 heavy (non-hydrogen) atoms. The van der Waals surface area contributed by atoms with Gasteiger partial charge in [0.25, 0.3) is 11.8 Å². The van der Waals surface area contributed by atoms with Crippen LogP contribution in [0.25, 0.3) is 22.2 Å². The van der Waals surface area contributed by atoms with E-state index >= 15 is 0 Å². The molecule has 6 rings (SSSR count). The van der Waals surface area contributed by atoms with Gasteiger partial charge in [-0.15, -0.1) is 5.10 Å². The van der Waals surface area contributed by atoms with Crippen molar-refractivity contribution in [1.82, 2.24) is 15.2 Å². The van der Waals surface area contributed by atoms with Gasteiger partial charge >= 0.3 is 0 Å². The third kappa shape index (κ3) is 7.35. The third-order valence-corrected chi connectivity index (χ3v) is 9.69. The summed E-state index contributed by atoms with van der Waals surface area (Å²) in [6.45, 7) is 12.0. The van der Waals surface area contributed by atoms with Crippen LogP contribution in [0.1, 0.15) is 51.5 Å². The van der Waals surface area contributed by atoms with Crippen LogP contribution in [0.4, 0.5) is 11.6 Å². The first-order valence-electron chi connectivity index (χ1n) is 16.4. The van der Waals surface area contributed by atoms with Crippen molar-refractivity contribution in [3.8, 4) is 22.9 Å². The number of aromatic nitrogens is 3. The minimum atomic E-state index is -0.678. The van der Waals surface area contributed by atoms with Gasteiger partial charge in [0, 0.05) is 31.8 Å². The number of phenolic OH excluding ortho intramolecular Hbond substituents is 1. The van der Waals surface area contributed by atoms with Gasteiger partial charge in [-0.25, -0.2) is 0 Å². The maximum absolute atomic E-state index is 13.6. The zero-order valence-corrected chi connectivity index (χ0v) is 29.7. The lowest BCUT2D eigenvalue weighted by molar-refractivity contribution is -0.122. The van der Waals surface area contributed by atoms with Crippen molar-refractivity contribution in [1.29, 1.82) is 0 Å². The standard InChI is InChI=1S/C40H39N5O4S/c1-7-31(49-32-17-15-22(2)18-26(32)6)39(48)41-28-12-9-11-27(20-28)37-42-40(45-44-37)43-38(47)30-21-34(50-33-19-23(3)14-16-24(33)4)35-25(5)10-8-13-29(35)36(30)46/h8-21,31,46H,7H2,1-6H3,(H,41,48)(H2,42,43,44,45,47). The number of nitrogens with one attached hydrogen (secondary N) is 3. The van der Waals surface area contributed by atoms with Crippen molar-refractivity contribution >= 4 is 46.0 Å². The Morgan fingerprint density at radius 3 is 2.38 bits per heavy atom.